The molecule has 0 bridgehead atoms. The van der Waals surface area contributed by atoms with Crippen LogP contribution >= 0.6 is 23.2 Å². The quantitative estimate of drug-likeness (QED) is 0.410. The van der Waals surface area contributed by atoms with Crippen LogP contribution in [0, 0.1) is 6.92 Å². The Morgan fingerprint density at radius 2 is 1.69 bits per heavy atom. The molecule has 0 saturated carbocycles. The number of alkyl halides is 3. The highest BCUT2D eigenvalue weighted by atomic mass is 35.5. The molecule has 0 amide bonds. The maximum atomic E-state index is 12.7. The van der Waals surface area contributed by atoms with Crippen molar-refractivity contribution in [2.45, 2.75) is 32.4 Å². The molecule has 1 heterocycles. The van der Waals surface area contributed by atoms with E-state index in [1.54, 1.807) is 12.1 Å². The maximum absolute atomic E-state index is 12.7. The lowest BCUT2D eigenvalue weighted by molar-refractivity contribution is -0.137. The molecule has 0 aliphatic rings. The Labute approximate surface area is 176 Å². The molecule has 0 spiro atoms. The van der Waals surface area contributed by atoms with Gasteiger partial charge in [0.2, 0.25) is 0 Å². The lowest BCUT2D eigenvalue weighted by Crippen LogP contribution is -2.04. The van der Waals surface area contributed by atoms with E-state index in [0.29, 0.717) is 10.8 Å². The number of nitrogens with zero attached hydrogens (tertiary/aromatic N) is 2. The molecule has 2 aromatic carbocycles. The molecule has 0 radical (unpaired) electrons. The number of ether oxygens (including phenoxy) is 1. The third-order valence-corrected chi connectivity index (χ3v) is 5.11. The van der Waals surface area contributed by atoms with Crippen LogP contribution in [-0.4, -0.2) is 9.97 Å². The molecular weight excluding hydrogens is 424 g/mol. The van der Waals surface area contributed by atoms with E-state index in [4.69, 9.17) is 27.9 Å². The summed E-state index contributed by atoms with van der Waals surface area (Å²) < 4.78 is 43.7. The van der Waals surface area contributed by atoms with Gasteiger partial charge in [0.25, 0.3) is 0 Å². The summed E-state index contributed by atoms with van der Waals surface area (Å²) in [4.78, 5) is 8.27. The monoisotopic (exact) mass is 440 g/mol. The molecule has 152 valence electrons. The van der Waals surface area contributed by atoms with Gasteiger partial charge in [-0.05, 0) is 62.1 Å². The van der Waals surface area contributed by atoms with Gasteiger partial charge in [-0.3, -0.25) is 0 Å². The highest BCUT2D eigenvalue weighted by Gasteiger charge is 2.31. The van der Waals surface area contributed by atoms with Crippen LogP contribution in [0.1, 0.15) is 28.9 Å². The number of hydrogen-bond donors (Lipinski definition) is 0. The Kier molecular flexibility index (Phi) is 6.65. The van der Waals surface area contributed by atoms with Crippen LogP contribution in [0.25, 0.3) is 0 Å². The van der Waals surface area contributed by atoms with Crippen LogP contribution in [0.2, 0.25) is 10.0 Å². The Bertz CT molecular complexity index is 992. The fourth-order valence-corrected chi connectivity index (χ4v) is 3.16. The van der Waals surface area contributed by atoms with E-state index in [-0.39, 0.29) is 10.8 Å². The van der Waals surface area contributed by atoms with Crippen molar-refractivity contribution < 1.29 is 17.9 Å². The molecule has 1 aromatic heterocycles. The molecule has 3 nitrogen and oxygen atoms in total. The van der Waals surface area contributed by atoms with Gasteiger partial charge in [-0.15, -0.1) is 0 Å². The van der Waals surface area contributed by atoms with Gasteiger partial charge < -0.3 is 4.74 Å². The van der Waals surface area contributed by atoms with Gasteiger partial charge in [0.1, 0.15) is 17.8 Å². The molecule has 0 saturated heterocycles. The first kappa shape index (κ1) is 21.4. The van der Waals surface area contributed by atoms with Crippen molar-refractivity contribution in [3.05, 3.63) is 81.4 Å². The molecule has 3 aromatic rings. The molecular formula is C21H17Cl2F3N2O. The Morgan fingerprint density at radius 3 is 2.34 bits per heavy atom. The van der Waals surface area contributed by atoms with Gasteiger partial charge in [-0.25, -0.2) is 9.97 Å². The predicted octanol–water partition coefficient (Wildman–Crippen LogP) is 7.08. The average molecular weight is 441 g/mol. The normalized spacial score (nSPS) is 11.5. The minimum absolute atomic E-state index is 0.0964. The molecule has 0 unspecified atom stereocenters. The Morgan fingerprint density at radius 1 is 0.966 bits per heavy atom. The first-order valence-corrected chi connectivity index (χ1v) is 9.59. The zero-order chi connectivity index (χ0) is 21.0. The number of aromatic nitrogens is 2. The number of aryl methyl sites for hydroxylation is 3. The van der Waals surface area contributed by atoms with Crippen LogP contribution in [-0.2, 0) is 19.0 Å². The van der Waals surface area contributed by atoms with Crippen LogP contribution in [0.15, 0.2) is 48.8 Å². The topological polar surface area (TPSA) is 35.0 Å². The second kappa shape index (κ2) is 9.01. The first-order valence-electron chi connectivity index (χ1n) is 8.83. The minimum Gasteiger partial charge on any atom is -0.456 e. The van der Waals surface area contributed by atoms with E-state index in [2.05, 4.69) is 9.97 Å². The van der Waals surface area contributed by atoms with E-state index in [1.807, 2.05) is 19.1 Å². The van der Waals surface area contributed by atoms with Gasteiger partial charge in [0.05, 0.1) is 27.0 Å². The van der Waals surface area contributed by atoms with Crippen molar-refractivity contribution in [1.29, 1.82) is 0 Å². The second-order valence-corrected chi connectivity index (χ2v) is 7.25. The van der Waals surface area contributed by atoms with E-state index >= 15 is 0 Å². The molecule has 0 atom stereocenters. The van der Waals surface area contributed by atoms with Crippen molar-refractivity contribution in [3.63, 3.8) is 0 Å². The van der Waals surface area contributed by atoms with Crippen LogP contribution in [0.3, 0.4) is 0 Å². The molecule has 29 heavy (non-hydrogen) atoms. The summed E-state index contributed by atoms with van der Waals surface area (Å²) in [5.74, 6) is 0.658. The highest BCUT2D eigenvalue weighted by Crippen LogP contribution is 2.36. The zero-order valence-corrected chi connectivity index (χ0v) is 16.9. The van der Waals surface area contributed by atoms with Crippen molar-refractivity contribution in [2.75, 3.05) is 0 Å². The average Bonchev–Trinajstić information content (AvgIpc) is 2.67. The van der Waals surface area contributed by atoms with E-state index in [1.165, 1.54) is 12.4 Å². The molecule has 0 aliphatic carbocycles. The largest absolute Gasteiger partial charge is 0.456 e. The molecule has 3 rings (SSSR count). The van der Waals surface area contributed by atoms with Crippen molar-refractivity contribution >= 4 is 23.2 Å². The summed E-state index contributed by atoms with van der Waals surface area (Å²) in [7, 11) is 0. The summed E-state index contributed by atoms with van der Waals surface area (Å²) in [6, 6.07) is 10.3. The lowest BCUT2D eigenvalue weighted by Gasteiger charge is -2.11. The summed E-state index contributed by atoms with van der Waals surface area (Å²) in [5, 5.41) is 0.505. The van der Waals surface area contributed by atoms with E-state index < -0.39 is 11.7 Å². The van der Waals surface area contributed by atoms with Gasteiger partial charge in [0.15, 0.2) is 0 Å². The molecule has 0 N–H and O–H groups in total. The highest BCUT2D eigenvalue weighted by molar-refractivity contribution is 6.32. The van der Waals surface area contributed by atoms with Crippen molar-refractivity contribution in [2.24, 2.45) is 0 Å². The SMILES string of the molecule is Cc1ncnc(CCCc2ccc(Oc3ccc(C(F)(F)F)cc3Cl)cc2)c1Cl. The van der Waals surface area contributed by atoms with E-state index in [9.17, 15) is 13.2 Å². The number of hydrogen-bond acceptors (Lipinski definition) is 3. The van der Waals surface area contributed by atoms with Crippen molar-refractivity contribution in [1.82, 2.24) is 9.97 Å². The standard InChI is InChI=1S/C21H17Cl2F3N2O/c1-13-20(23)18(28-12-27-13)4-2-3-14-5-8-16(9-6-14)29-19-10-7-15(11-17(19)22)21(24,25)26/h5-12H,2-4H2,1H3. The fraction of sp³-hybridized carbons (Fsp3) is 0.238. The number of benzene rings is 2. The first-order chi connectivity index (χ1) is 13.7. The van der Waals surface area contributed by atoms with Gasteiger partial charge in [-0.1, -0.05) is 35.3 Å². The van der Waals surface area contributed by atoms with Crippen LogP contribution in [0.5, 0.6) is 11.5 Å². The van der Waals surface area contributed by atoms with Crippen LogP contribution < -0.4 is 4.74 Å². The van der Waals surface area contributed by atoms with Crippen molar-refractivity contribution in [3.8, 4) is 11.5 Å². The predicted molar refractivity (Wildman–Crippen MR) is 107 cm³/mol. The minimum atomic E-state index is -4.45. The molecule has 0 aliphatic heterocycles. The maximum Gasteiger partial charge on any atom is 0.416 e. The van der Waals surface area contributed by atoms with Gasteiger partial charge in [-0.2, -0.15) is 13.2 Å². The summed E-state index contributed by atoms with van der Waals surface area (Å²) >= 11 is 12.1. The fourth-order valence-electron chi connectivity index (χ4n) is 2.75. The van der Waals surface area contributed by atoms with Gasteiger partial charge in [0, 0.05) is 0 Å². The van der Waals surface area contributed by atoms with Gasteiger partial charge >= 0.3 is 6.18 Å². The molecule has 8 heteroatoms. The summed E-state index contributed by atoms with van der Waals surface area (Å²) in [6.45, 7) is 1.84. The number of rotatable bonds is 6. The Hall–Kier alpha value is -2.31. The van der Waals surface area contributed by atoms with Crippen LogP contribution in [0.4, 0.5) is 13.2 Å². The summed E-state index contributed by atoms with van der Waals surface area (Å²) in [5.41, 5.74) is 1.87. The third-order valence-electron chi connectivity index (χ3n) is 4.33. The van der Waals surface area contributed by atoms with E-state index in [0.717, 1.165) is 48.3 Å². The lowest BCUT2D eigenvalue weighted by atomic mass is 10.1. The summed E-state index contributed by atoms with van der Waals surface area (Å²) in [6.07, 6.45) is -0.517. The Balaban J connectivity index is 1.58. The molecule has 0 fully saturated rings. The third kappa shape index (κ3) is 5.61. The zero-order valence-electron chi connectivity index (χ0n) is 15.4. The number of halogens is 5. The smallest absolute Gasteiger partial charge is 0.416 e. The second-order valence-electron chi connectivity index (χ2n) is 6.46.